The quantitative estimate of drug-likeness (QED) is 0.793. The number of aromatic nitrogens is 2. The van der Waals surface area contributed by atoms with E-state index in [1.54, 1.807) is 13.1 Å². The van der Waals surface area contributed by atoms with Crippen LogP contribution in [0.1, 0.15) is 76.4 Å². The molecular weight excluding hydrogens is 368 g/mol. The van der Waals surface area contributed by atoms with Gasteiger partial charge in [-0.05, 0) is 51.2 Å². The van der Waals surface area contributed by atoms with Gasteiger partial charge in [0.25, 0.3) is 11.8 Å². The molecule has 2 saturated heterocycles. The van der Waals surface area contributed by atoms with Crippen LogP contribution in [0.15, 0.2) is 22.9 Å². The summed E-state index contributed by atoms with van der Waals surface area (Å²) in [6, 6.07) is 3.83. The van der Waals surface area contributed by atoms with Crippen LogP contribution in [0.2, 0.25) is 0 Å². The molecule has 1 atom stereocenters. The maximum absolute atomic E-state index is 13.1. The second-order valence-electron chi connectivity index (χ2n) is 7.98. The topological polar surface area (TPSA) is 79.5 Å². The molecule has 2 aromatic heterocycles. The largest absolute Gasteiger partial charge is 0.361 e. The van der Waals surface area contributed by atoms with Gasteiger partial charge in [-0.1, -0.05) is 12.1 Å². The van der Waals surface area contributed by atoms with E-state index in [-0.39, 0.29) is 17.7 Å². The lowest BCUT2D eigenvalue weighted by Gasteiger charge is -2.32. The Kier molecular flexibility index (Phi) is 5.65. The van der Waals surface area contributed by atoms with E-state index >= 15 is 0 Å². The molecule has 0 saturated carbocycles. The number of rotatable bonds is 4. The molecule has 0 spiro atoms. The molecule has 29 heavy (non-hydrogen) atoms. The van der Waals surface area contributed by atoms with Crippen molar-refractivity contribution in [1.82, 2.24) is 19.9 Å². The van der Waals surface area contributed by atoms with Crippen molar-refractivity contribution in [3.8, 4) is 0 Å². The number of likely N-dealkylation sites (tertiary alicyclic amines) is 2. The van der Waals surface area contributed by atoms with Crippen LogP contribution in [0, 0.1) is 6.92 Å². The number of hydrogen-bond acceptors (Lipinski definition) is 5. The van der Waals surface area contributed by atoms with Gasteiger partial charge in [-0.2, -0.15) is 0 Å². The van der Waals surface area contributed by atoms with Crippen molar-refractivity contribution in [2.24, 2.45) is 0 Å². The number of pyridine rings is 1. The number of carbonyl (C=O) groups is 2. The molecule has 0 bridgehead atoms. The van der Waals surface area contributed by atoms with Gasteiger partial charge < -0.3 is 14.3 Å². The fourth-order valence-corrected chi connectivity index (χ4v) is 4.37. The highest BCUT2D eigenvalue weighted by Gasteiger charge is 2.30. The fourth-order valence-electron chi connectivity index (χ4n) is 4.37. The van der Waals surface area contributed by atoms with Gasteiger partial charge in [-0.15, -0.1) is 0 Å². The molecule has 0 N–H and O–H groups in total. The molecule has 7 nitrogen and oxygen atoms in total. The van der Waals surface area contributed by atoms with Crippen LogP contribution in [-0.2, 0) is 6.42 Å². The van der Waals surface area contributed by atoms with Crippen molar-refractivity contribution >= 4 is 11.8 Å². The van der Waals surface area contributed by atoms with Gasteiger partial charge in [-0.3, -0.25) is 14.6 Å². The number of hydrogen-bond donors (Lipinski definition) is 0. The minimum atomic E-state index is -0.00821. The van der Waals surface area contributed by atoms with Gasteiger partial charge in [0.15, 0.2) is 0 Å². The summed E-state index contributed by atoms with van der Waals surface area (Å²) >= 11 is 0. The summed E-state index contributed by atoms with van der Waals surface area (Å²) in [4.78, 5) is 34.0. The SMILES string of the molecule is CCc1noc(C)c1C(=O)N1CCC[C@@H](c2ccc(C(=O)N3CCCC3)cn2)C1. The van der Waals surface area contributed by atoms with Crippen molar-refractivity contribution in [3.05, 3.63) is 46.6 Å². The molecule has 4 rings (SSSR count). The Hall–Kier alpha value is -2.70. The Morgan fingerprint density at radius 3 is 2.55 bits per heavy atom. The summed E-state index contributed by atoms with van der Waals surface area (Å²) in [6.45, 7) is 6.79. The Morgan fingerprint density at radius 1 is 1.10 bits per heavy atom. The molecule has 0 unspecified atom stereocenters. The summed E-state index contributed by atoms with van der Waals surface area (Å²) in [7, 11) is 0. The standard InChI is InChI=1S/C22H28N4O3/c1-3-18-20(15(2)29-24-18)22(28)26-12-6-7-17(14-26)19-9-8-16(13-23-19)21(27)25-10-4-5-11-25/h8-9,13,17H,3-7,10-12,14H2,1-2H3/t17-/m1/s1. The van der Waals surface area contributed by atoms with Crippen molar-refractivity contribution in [2.75, 3.05) is 26.2 Å². The zero-order valence-electron chi connectivity index (χ0n) is 17.2. The van der Waals surface area contributed by atoms with Gasteiger partial charge in [0.1, 0.15) is 11.3 Å². The molecule has 4 heterocycles. The third-order valence-corrected chi connectivity index (χ3v) is 6.04. The first-order valence-electron chi connectivity index (χ1n) is 10.6. The zero-order valence-corrected chi connectivity index (χ0v) is 17.2. The van der Waals surface area contributed by atoms with Crippen molar-refractivity contribution in [2.45, 2.75) is 51.9 Å². The molecule has 2 aliphatic heterocycles. The maximum Gasteiger partial charge on any atom is 0.259 e. The minimum absolute atomic E-state index is 0.00821. The van der Waals surface area contributed by atoms with Crippen LogP contribution in [0.3, 0.4) is 0 Å². The molecule has 154 valence electrons. The van der Waals surface area contributed by atoms with E-state index < -0.39 is 0 Å². The average Bonchev–Trinajstić information content (AvgIpc) is 3.43. The lowest BCUT2D eigenvalue weighted by molar-refractivity contribution is 0.0703. The molecule has 2 aliphatic rings. The number of amides is 2. The molecule has 0 aliphatic carbocycles. The summed E-state index contributed by atoms with van der Waals surface area (Å²) in [5.41, 5.74) is 2.91. The highest BCUT2D eigenvalue weighted by atomic mass is 16.5. The second kappa shape index (κ2) is 8.35. The van der Waals surface area contributed by atoms with Crippen molar-refractivity contribution in [1.29, 1.82) is 0 Å². The van der Waals surface area contributed by atoms with Gasteiger partial charge in [0.2, 0.25) is 0 Å². The average molecular weight is 396 g/mol. The van der Waals surface area contributed by atoms with E-state index in [1.165, 1.54) is 0 Å². The van der Waals surface area contributed by atoms with Crippen LogP contribution in [0.25, 0.3) is 0 Å². The van der Waals surface area contributed by atoms with E-state index in [9.17, 15) is 9.59 Å². The molecule has 7 heteroatoms. The zero-order chi connectivity index (χ0) is 20.4. The third-order valence-electron chi connectivity index (χ3n) is 6.04. The summed E-state index contributed by atoms with van der Waals surface area (Å²) in [6.07, 6.45) is 6.43. The van der Waals surface area contributed by atoms with Crippen LogP contribution in [0.5, 0.6) is 0 Å². The first-order valence-corrected chi connectivity index (χ1v) is 10.6. The molecule has 2 aromatic rings. The lowest BCUT2D eigenvalue weighted by atomic mass is 9.93. The van der Waals surface area contributed by atoms with Crippen molar-refractivity contribution < 1.29 is 14.1 Å². The monoisotopic (exact) mass is 396 g/mol. The first kappa shape index (κ1) is 19.6. The molecular formula is C22H28N4O3. The highest BCUT2D eigenvalue weighted by molar-refractivity contribution is 5.96. The van der Waals surface area contributed by atoms with Crippen LogP contribution < -0.4 is 0 Å². The van der Waals surface area contributed by atoms with Gasteiger partial charge in [0, 0.05) is 44.0 Å². The highest BCUT2D eigenvalue weighted by Crippen LogP contribution is 2.28. The van der Waals surface area contributed by atoms with E-state index in [2.05, 4.69) is 10.1 Å². The number of aryl methyl sites for hydroxylation is 2. The third kappa shape index (κ3) is 3.91. The second-order valence-corrected chi connectivity index (χ2v) is 7.98. The summed E-state index contributed by atoms with van der Waals surface area (Å²) < 4.78 is 5.24. The Labute approximate surface area is 171 Å². The normalized spacial score (nSPS) is 19.6. The summed E-state index contributed by atoms with van der Waals surface area (Å²) in [5, 5.41) is 4.02. The molecule has 0 radical (unpaired) electrons. The van der Waals surface area contributed by atoms with Crippen LogP contribution >= 0.6 is 0 Å². The fraction of sp³-hybridized carbons (Fsp3) is 0.545. The van der Waals surface area contributed by atoms with Gasteiger partial charge in [-0.25, -0.2) is 0 Å². The Bertz CT molecular complexity index is 884. The molecule has 0 aromatic carbocycles. The molecule has 2 fully saturated rings. The van der Waals surface area contributed by atoms with E-state index in [1.807, 2.05) is 28.9 Å². The van der Waals surface area contributed by atoms with Crippen LogP contribution in [-0.4, -0.2) is 57.9 Å². The van der Waals surface area contributed by atoms with Gasteiger partial charge >= 0.3 is 0 Å². The number of piperidine rings is 1. The maximum atomic E-state index is 13.1. The smallest absolute Gasteiger partial charge is 0.259 e. The van der Waals surface area contributed by atoms with E-state index in [0.717, 1.165) is 56.7 Å². The Balaban J connectivity index is 1.46. The van der Waals surface area contributed by atoms with Gasteiger partial charge in [0.05, 0.1) is 11.3 Å². The van der Waals surface area contributed by atoms with E-state index in [4.69, 9.17) is 4.52 Å². The molecule has 2 amide bonds. The van der Waals surface area contributed by atoms with Crippen LogP contribution in [0.4, 0.5) is 0 Å². The minimum Gasteiger partial charge on any atom is -0.361 e. The van der Waals surface area contributed by atoms with E-state index in [0.29, 0.717) is 29.9 Å². The first-order chi connectivity index (χ1) is 14.1. The lowest BCUT2D eigenvalue weighted by Crippen LogP contribution is -2.39. The van der Waals surface area contributed by atoms with Crippen molar-refractivity contribution in [3.63, 3.8) is 0 Å². The predicted molar refractivity (Wildman–Crippen MR) is 108 cm³/mol. The number of nitrogens with zero attached hydrogens (tertiary/aromatic N) is 4. The number of carbonyl (C=O) groups excluding carboxylic acids is 2. The summed E-state index contributed by atoms with van der Waals surface area (Å²) in [5.74, 6) is 0.814. The Morgan fingerprint density at radius 2 is 1.86 bits per heavy atom. The predicted octanol–water partition coefficient (Wildman–Crippen LogP) is 3.20.